The summed E-state index contributed by atoms with van der Waals surface area (Å²) in [4.78, 5) is 9.97. The fourth-order valence-corrected chi connectivity index (χ4v) is 4.36. The van der Waals surface area contributed by atoms with Gasteiger partial charge in [0.25, 0.3) is 0 Å². The van der Waals surface area contributed by atoms with Crippen LogP contribution in [0.5, 0.6) is 0 Å². The van der Waals surface area contributed by atoms with Gasteiger partial charge in [-0.1, -0.05) is 18.2 Å². The van der Waals surface area contributed by atoms with E-state index in [2.05, 4.69) is 40.2 Å². The lowest BCUT2D eigenvalue weighted by Gasteiger charge is -2.23. The zero-order valence-corrected chi connectivity index (χ0v) is 19.2. The molecule has 5 nitrogen and oxygen atoms in total. The molecular weight excluding hydrogens is 463 g/mol. The smallest absolute Gasteiger partial charge is 0.193 e. The molecule has 2 fully saturated rings. The fourth-order valence-electron chi connectivity index (χ4n) is 4.36. The number of para-hydroxylation sites is 1. The van der Waals surface area contributed by atoms with Gasteiger partial charge in [0.15, 0.2) is 5.96 Å². The molecule has 1 aromatic heterocycles. The zero-order valence-electron chi connectivity index (χ0n) is 16.9. The number of nitrogens with one attached hydrogen (secondary N) is 1. The molecule has 2 aromatic rings. The SMILES string of the molecule is CCNC(=NCCc1cc2ccccc2o1)N1CCC(CN2CCCC2)C1.I. The molecular formula is C22H33IN4O. The van der Waals surface area contributed by atoms with Crippen LogP contribution in [0.1, 0.15) is 31.9 Å². The van der Waals surface area contributed by atoms with Gasteiger partial charge in [-0.25, -0.2) is 0 Å². The topological polar surface area (TPSA) is 44.0 Å². The molecule has 1 aromatic carbocycles. The molecule has 0 radical (unpaired) electrons. The van der Waals surface area contributed by atoms with Gasteiger partial charge >= 0.3 is 0 Å². The summed E-state index contributed by atoms with van der Waals surface area (Å²) < 4.78 is 5.92. The lowest BCUT2D eigenvalue weighted by atomic mass is 10.1. The van der Waals surface area contributed by atoms with Crippen LogP contribution in [0.15, 0.2) is 39.7 Å². The third-order valence-corrected chi connectivity index (χ3v) is 5.73. The molecule has 3 heterocycles. The van der Waals surface area contributed by atoms with Gasteiger partial charge in [0.2, 0.25) is 0 Å². The highest BCUT2D eigenvalue weighted by Gasteiger charge is 2.27. The van der Waals surface area contributed by atoms with Crippen LogP contribution in [0.2, 0.25) is 0 Å². The number of furan rings is 1. The third kappa shape index (κ3) is 5.41. The van der Waals surface area contributed by atoms with E-state index in [9.17, 15) is 0 Å². The lowest BCUT2D eigenvalue weighted by Crippen LogP contribution is -2.41. The van der Waals surface area contributed by atoms with Crippen molar-refractivity contribution in [1.82, 2.24) is 15.1 Å². The number of nitrogens with zero attached hydrogens (tertiary/aromatic N) is 3. The van der Waals surface area contributed by atoms with Crippen LogP contribution in [-0.4, -0.2) is 61.6 Å². The van der Waals surface area contributed by atoms with Crippen molar-refractivity contribution in [2.24, 2.45) is 10.9 Å². The maximum Gasteiger partial charge on any atom is 0.193 e. The molecule has 0 bridgehead atoms. The maximum atomic E-state index is 5.92. The van der Waals surface area contributed by atoms with Crippen molar-refractivity contribution >= 4 is 40.9 Å². The van der Waals surface area contributed by atoms with Gasteiger partial charge < -0.3 is 19.5 Å². The first-order valence-electron chi connectivity index (χ1n) is 10.5. The Morgan fingerprint density at radius 1 is 1.21 bits per heavy atom. The summed E-state index contributed by atoms with van der Waals surface area (Å²) in [5.74, 6) is 2.86. The van der Waals surface area contributed by atoms with Gasteiger partial charge in [0, 0.05) is 44.5 Å². The second-order valence-electron chi connectivity index (χ2n) is 7.84. The van der Waals surface area contributed by atoms with E-state index >= 15 is 0 Å². The van der Waals surface area contributed by atoms with Gasteiger partial charge in [-0.3, -0.25) is 4.99 Å². The van der Waals surface area contributed by atoms with Gasteiger partial charge in [0.1, 0.15) is 11.3 Å². The van der Waals surface area contributed by atoms with E-state index in [1.54, 1.807) is 0 Å². The molecule has 2 aliphatic heterocycles. The van der Waals surface area contributed by atoms with Gasteiger partial charge in [0.05, 0.1) is 0 Å². The summed E-state index contributed by atoms with van der Waals surface area (Å²) in [7, 11) is 0. The van der Waals surface area contributed by atoms with E-state index in [0.717, 1.165) is 55.8 Å². The normalized spacial score (nSPS) is 20.7. The molecule has 0 saturated carbocycles. The summed E-state index contributed by atoms with van der Waals surface area (Å²) in [6.45, 7) is 9.92. The lowest BCUT2D eigenvalue weighted by molar-refractivity contribution is 0.281. The van der Waals surface area contributed by atoms with E-state index in [4.69, 9.17) is 9.41 Å². The van der Waals surface area contributed by atoms with Crippen molar-refractivity contribution in [1.29, 1.82) is 0 Å². The van der Waals surface area contributed by atoms with Gasteiger partial charge in [-0.2, -0.15) is 0 Å². The Balaban J connectivity index is 0.00000225. The second kappa shape index (κ2) is 10.5. The number of likely N-dealkylation sites (tertiary alicyclic amines) is 2. The number of benzene rings is 1. The second-order valence-corrected chi connectivity index (χ2v) is 7.84. The number of hydrogen-bond donors (Lipinski definition) is 1. The average Bonchev–Trinajstić information content (AvgIpc) is 3.42. The largest absolute Gasteiger partial charge is 0.461 e. The number of halogens is 1. The molecule has 4 rings (SSSR count). The van der Waals surface area contributed by atoms with Crippen LogP contribution in [0, 0.1) is 5.92 Å². The highest BCUT2D eigenvalue weighted by molar-refractivity contribution is 14.0. The number of hydrogen-bond acceptors (Lipinski definition) is 3. The first-order chi connectivity index (χ1) is 13.3. The van der Waals surface area contributed by atoms with Crippen molar-refractivity contribution in [2.45, 2.75) is 32.6 Å². The predicted molar refractivity (Wildman–Crippen MR) is 127 cm³/mol. The summed E-state index contributed by atoms with van der Waals surface area (Å²) in [6, 6.07) is 10.3. The van der Waals surface area contributed by atoms with E-state index in [0.29, 0.717) is 0 Å². The first-order valence-corrected chi connectivity index (χ1v) is 10.5. The Morgan fingerprint density at radius 2 is 2.04 bits per heavy atom. The Kier molecular flexibility index (Phi) is 8.02. The predicted octanol–water partition coefficient (Wildman–Crippen LogP) is 3.98. The Hall–Kier alpha value is -1.28. The van der Waals surface area contributed by atoms with Crippen LogP contribution in [0.25, 0.3) is 11.0 Å². The minimum atomic E-state index is 0. The van der Waals surface area contributed by atoms with Crippen molar-refractivity contribution < 1.29 is 4.42 Å². The highest BCUT2D eigenvalue weighted by atomic mass is 127. The fraction of sp³-hybridized carbons (Fsp3) is 0.591. The van der Waals surface area contributed by atoms with Crippen molar-refractivity contribution in [3.63, 3.8) is 0 Å². The molecule has 0 amide bonds. The summed E-state index contributed by atoms with van der Waals surface area (Å²) in [5, 5.41) is 4.66. The monoisotopic (exact) mass is 496 g/mol. The molecule has 1 unspecified atom stereocenters. The zero-order chi connectivity index (χ0) is 18.5. The minimum absolute atomic E-state index is 0. The van der Waals surface area contributed by atoms with Crippen molar-refractivity contribution in [3.8, 4) is 0 Å². The van der Waals surface area contributed by atoms with E-state index < -0.39 is 0 Å². The molecule has 6 heteroatoms. The van der Waals surface area contributed by atoms with Crippen molar-refractivity contribution in [3.05, 3.63) is 36.1 Å². The molecule has 1 atom stereocenters. The van der Waals surface area contributed by atoms with Crippen LogP contribution in [0.4, 0.5) is 0 Å². The van der Waals surface area contributed by atoms with Gasteiger partial charge in [-0.05, 0) is 57.3 Å². The number of rotatable bonds is 6. The molecule has 0 spiro atoms. The molecule has 1 N–H and O–H groups in total. The minimum Gasteiger partial charge on any atom is -0.461 e. The third-order valence-electron chi connectivity index (χ3n) is 5.73. The molecule has 0 aliphatic carbocycles. The van der Waals surface area contributed by atoms with Crippen LogP contribution in [-0.2, 0) is 6.42 Å². The molecule has 2 saturated heterocycles. The summed E-state index contributed by atoms with van der Waals surface area (Å²) in [6.07, 6.45) is 4.88. The molecule has 2 aliphatic rings. The van der Waals surface area contributed by atoms with E-state index in [1.807, 2.05) is 12.1 Å². The van der Waals surface area contributed by atoms with Crippen LogP contribution in [0.3, 0.4) is 0 Å². The first kappa shape index (κ1) is 21.4. The highest BCUT2D eigenvalue weighted by Crippen LogP contribution is 2.21. The Labute approximate surface area is 185 Å². The number of aliphatic imine (C=N–C) groups is 1. The van der Waals surface area contributed by atoms with E-state index in [-0.39, 0.29) is 24.0 Å². The van der Waals surface area contributed by atoms with Gasteiger partial charge in [-0.15, -0.1) is 24.0 Å². The standard InChI is InChI=1S/C22H32N4O.HI/c1-2-23-22(26-14-10-18(17-26)16-25-12-5-6-13-25)24-11-9-20-15-19-7-3-4-8-21(19)27-20;/h3-4,7-8,15,18H,2,5-6,9-14,16-17H2,1H3,(H,23,24);1H. The number of guanidine groups is 1. The maximum absolute atomic E-state index is 5.92. The number of fused-ring (bicyclic) bond motifs is 1. The molecule has 154 valence electrons. The van der Waals surface area contributed by atoms with Crippen molar-refractivity contribution in [2.75, 3.05) is 45.8 Å². The quantitative estimate of drug-likeness (QED) is 0.374. The van der Waals surface area contributed by atoms with Crippen LogP contribution < -0.4 is 5.32 Å². The summed E-state index contributed by atoms with van der Waals surface area (Å²) >= 11 is 0. The Morgan fingerprint density at radius 3 is 2.82 bits per heavy atom. The van der Waals surface area contributed by atoms with E-state index in [1.165, 1.54) is 44.3 Å². The molecule has 28 heavy (non-hydrogen) atoms. The average molecular weight is 496 g/mol. The summed E-state index contributed by atoms with van der Waals surface area (Å²) in [5.41, 5.74) is 0.965. The van der Waals surface area contributed by atoms with Crippen LogP contribution >= 0.6 is 24.0 Å². The Bertz CT molecular complexity index is 736.